The molecule has 7 heterocycles. The van der Waals surface area contributed by atoms with Gasteiger partial charge in [-0.2, -0.15) is 9.29 Å². The lowest BCUT2D eigenvalue weighted by Gasteiger charge is -2.49. The van der Waals surface area contributed by atoms with Crippen molar-refractivity contribution >= 4 is 55.5 Å². The number of para-hydroxylation sites is 1. The Balaban J connectivity index is 0.743. The smallest absolute Gasteiger partial charge is 0.329 e. The van der Waals surface area contributed by atoms with Gasteiger partial charge in [-0.15, -0.1) is 0 Å². The van der Waals surface area contributed by atoms with Gasteiger partial charge in [-0.05, 0) is 99.8 Å². The molecule has 2 amide bonds. The first kappa shape index (κ1) is 39.7. The van der Waals surface area contributed by atoms with Crippen molar-refractivity contribution in [2.24, 2.45) is 7.05 Å². The second-order valence-corrected chi connectivity index (χ2v) is 19.5. The number of hydrogen-bond donors (Lipinski definition) is 2. The van der Waals surface area contributed by atoms with Gasteiger partial charge in [0.1, 0.15) is 11.7 Å². The molecule has 3 aromatic heterocycles. The normalized spacial score (nSPS) is 22.0. The van der Waals surface area contributed by atoms with Crippen molar-refractivity contribution in [3.05, 3.63) is 87.2 Å². The minimum Gasteiger partial charge on any atom is -0.368 e. The van der Waals surface area contributed by atoms with Crippen LogP contribution in [0.3, 0.4) is 0 Å². The summed E-state index contributed by atoms with van der Waals surface area (Å²) in [5, 5.41) is 6.65. The molecule has 1 atom stereocenters. The Hall–Kier alpha value is -5.39. The number of sulfonamides is 1. The molecule has 17 heteroatoms. The summed E-state index contributed by atoms with van der Waals surface area (Å²) in [7, 11) is -1.94. The minimum absolute atomic E-state index is 0.00285. The van der Waals surface area contributed by atoms with Crippen molar-refractivity contribution in [3.63, 3.8) is 0 Å². The first-order chi connectivity index (χ1) is 29.5. The van der Waals surface area contributed by atoms with E-state index in [0.29, 0.717) is 54.9 Å². The topological polar surface area (TPSA) is 177 Å². The number of nitrogens with zero attached hydrogens (tertiary/aromatic N) is 8. The summed E-state index contributed by atoms with van der Waals surface area (Å²) in [6.07, 6.45) is 9.51. The number of fused-ring (bicyclic) bond motifs is 2. The summed E-state index contributed by atoms with van der Waals surface area (Å²) in [6.45, 7) is 4.21. The largest absolute Gasteiger partial charge is 0.368 e. The van der Waals surface area contributed by atoms with E-state index in [2.05, 4.69) is 31.5 Å². The average Bonchev–Trinajstić information content (AvgIpc) is 3.87. The highest BCUT2D eigenvalue weighted by atomic mass is 32.2. The summed E-state index contributed by atoms with van der Waals surface area (Å²) in [5.41, 5.74) is 3.95. The fourth-order valence-corrected chi connectivity index (χ4v) is 12.0. The van der Waals surface area contributed by atoms with Crippen LogP contribution in [0.1, 0.15) is 87.8 Å². The van der Waals surface area contributed by atoms with Gasteiger partial charge in [-0.1, -0.05) is 31.0 Å². The SMILES string of the molecule is Cn1c(=O)n(C2CCC(=O)NC2=O)c2cccc(C3CCN(C4CN(c5cccc(S(=O)(=O)N6CCC(Nc7ncc8ccc(=O)n(C9CCCC9)c8n7)CC6)c5)C4)CC3)c21. The number of anilines is 2. The lowest BCUT2D eigenvalue weighted by molar-refractivity contribution is -0.135. The molecule has 2 N–H and O–H groups in total. The summed E-state index contributed by atoms with van der Waals surface area (Å²) in [4.78, 5) is 65.3. The van der Waals surface area contributed by atoms with Gasteiger partial charge in [0.15, 0.2) is 0 Å². The standard InChI is InChI=1S/C44H52N10O6S/c1-49-40-35(10-5-11-36(40)54(44(49)58)37-13-14-38(55)47-42(37)57)28-16-20-50(21-17-28)33-26-51(27-33)32-8-4-9-34(24-32)61(59,60)52-22-18-30(19-23-52)46-43-45-25-29-12-15-39(56)53(41(29)48-43)31-6-2-3-7-31/h4-5,8-12,15,24-25,28,30-31,33,37H,2-3,6-7,13-14,16-23,26-27H2,1H3,(H,45,46,48)(H,47,55,57). The number of imide groups is 1. The van der Waals surface area contributed by atoms with Crippen LogP contribution in [0.15, 0.2) is 75.3 Å². The molecule has 61 heavy (non-hydrogen) atoms. The second-order valence-electron chi connectivity index (χ2n) is 17.5. The number of carbonyl (C=O) groups excluding carboxylic acids is 2. The molecule has 10 rings (SSSR count). The van der Waals surface area contributed by atoms with Gasteiger partial charge in [0.25, 0.3) is 5.56 Å². The summed E-state index contributed by atoms with van der Waals surface area (Å²) in [6, 6.07) is 16.4. The zero-order valence-corrected chi connectivity index (χ0v) is 35.2. The van der Waals surface area contributed by atoms with Crippen LogP contribution in [0.4, 0.5) is 11.6 Å². The van der Waals surface area contributed by atoms with Gasteiger partial charge in [0, 0.05) is 81.1 Å². The Kier molecular flexibility index (Phi) is 10.3. The van der Waals surface area contributed by atoms with E-state index in [9.17, 15) is 27.6 Å². The zero-order chi connectivity index (χ0) is 42.0. The predicted molar refractivity (Wildman–Crippen MR) is 231 cm³/mol. The third-order valence-electron chi connectivity index (χ3n) is 14.0. The lowest BCUT2D eigenvalue weighted by Crippen LogP contribution is -2.60. The Morgan fingerprint density at radius 1 is 0.803 bits per heavy atom. The minimum atomic E-state index is -3.70. The third kappa shape index (κ3) is 7.23. The molecule has 16 nitrogen and oxygen atoms in total. The average molecular weight is 849 g/mol. The molecule has 1 aliphatic carbocycles. The maximum absolute atomic E-state index is 13.9. The number of imidazole rings is 1. The van der Waals surface area contributed by atoms with Crippen molar-refractivity contribution in [2.45, 2.75) is 99.2 Å². The number of pyridine rings is 1. The lowest BCUT2D eigenvalue weighted by atomic mass is 9.87. The predicted octanol–water partition coefficient (Wildman–Crippen LogP) is 3.87. The monoisotopic (exact) mass is 848 g/mol. The first-order valence-corrected chi connectivity index (χ1v) is 23.2. The molecule has 4 saturated heterocycles. The molecule has 2 aromatic carbocycles. The highest BCUT2D eigenvalue weighted by molar-refractivity contribution is 7.89. The van der Waals surface area contributed by atoms with E-state index in [-0.39, 0.29) is 41.6 Å². The molecule has 5 aliphatic rings. The van der Waals surface area contributed by atoms with Gasteiger partial charge >= 0.3 is 5.69 Å². The van der Waals surface area contributed by atoms with Crippen molar-refractivity contribution in [1.82, 2.24) is 38.2 Å². The van der Waals surface area contributed by atoms with Crippen LogP contribution in [0.2, 0.25) is 0 Å². The first-order valence-electron chi connectivity index (χ1n) is 21.8. The van der Waals surface area contributed by atoms with Crippen molar-refractivity contribution in [2.75, 3.05) is 49.5 Å². The summed E-state index contributed by atoms with van der Waals surface area (Å²) in [5.74, 6) is -0.0182. The molecule has 1 saturated carbocycles. The molecule has 5 fully saturated rings. The van der Waals surface area contributed by atoms with E-state index in [0.717, 1.165) is 92.4 Å². The van der Waals surface area contributed by atoms with E-state index in [1.165, 1.54) is 0 Å². The van der Waals surface area contributed by atoms with Gasteiger partial charge < -0.3 is 10.2 Å². The highest BCUT2D eigenvalue weighted by Crippen LogP contribution is 2.37. The Morgan fingerprint density at radius 2 is 1.56 bits per heavy atom. The van der Waals surface area contributed by atoms with E-state index in [1.807, 2.05) is 28.8 Å². The van der Waals surface area contributed by atoms with Gasteiger partial charge in [-0.25, -0.2) is 18.2 Å². The quantitative estimate of drug-likeness (QED) is 0.206. The fraction of sp³-hybridized carbons (Fsp3) is 0.500. The Bertz CT molecular complexity index is 2750. The maximum Gasteiger partial charge on any atom is 0.329 e. The number of aryl methyl sites for hydroxylation is 1. The second kappa shape index (κ2) is 15.8. The number of amides is 2. The highest BCUT2D eigenvalue weighted by Gasteiger charge is 2.37. The molecular weight excluding hydrogens is 797 g/mol. The molecule has 1 unspecified atom stereocenters. The van der Waals surface area contributed by atoms with Crippen LogP contribution >= 0.6 is 0 Å². The number of aromatic nitrogens is 5. The maximum atomic E-state index is 13.9. The van der Waals surface area contributed by atoms with Crippen LogP contribution in [-0.4, -0.2) is 104 Å². The zero-order valence-electron chi connectivity index (χ0n) is 34.4. The molecule has 5 aromatic rings. The molecule has 0 radical (unpaired) electrons. The number of carbonyl (C=O) groups is 2. The summed E-state index contributed by atoms with van der Waals surface area (Å²) < 4.78 is 34.5. The van der Waals surface area contributed by atoms with E-state index >= 15 is 0 Å². The number of nitrogens with one attached hydrogen (secondary N) is 2. The van der Waals surface area contributed by atoms with Crippen molar-refractivity contribution in [3.8, 4) is 0 Å². The van der Waals surface area contributed by atoms with E-state index < -0.39 is 22.0 Å². The van der Waals surface area contributed by atoms with Crippen LogP contribution in [-0.2, 0) is 26.7 Å². The van der Waals surface area contributed by atoms with Crippen LogP contribution in [0.25, 0.3) is 22.1 Å². The van der Waals surface area contributed by atoms with Crippen molar-refractivity contribution in [1.29, 1.82) is 0 Å². The molecular formula is C44H52N10O6S. The van der Waals surface area contributed by atoms with Crippen LogP contribution in [0.5, 0.6) is 0 Å². The van der Waals surface area contributed by atoms with Crippen molar-refractivity contribution < 1.29 is 18.0 Å². The summed E-state index contributed by atoms with van der Waals surface area (Å²) >= 11 is 0. The number of piperidine rings is 3. The molecule has 0 spiro atoms. The Labute approximate surface area is 353 Å². The molecule has 0 bridgehead atoms. The number of benzene rings is 2. The fourth-order valence-electron chi connectivity index (χ4n) is 10.5. The molecule has 320 valence electrons. The van der Waals surface area contributed by atoms with Crippen LogP contribution in [0, 0.1) is 0 Å². The number of likely N-dealkylation sites (tertiary alicyclic amines) is 1. The molecule has 4 aliphatic heterocycles. The number of rotatable bonds is 9. The van der Waals surface area contributed by atoms with E-state index in [1.54, 1.807) is 50.9 Å². The van der Waals surface area contributed by atoms with Gasteiger partial charge in [0.05, 0.1) is 15.9 Å². The number of hydrogen-bond acceptors (Lipinski definition) is 11. The third-order valence-corrected chi connectivity index (χ3v) is 15.9. The van der Waals surface area contributed by atoms with Gasteiger partial charge in [-0.3, -0.25) is 38.3 Å². The Morgan fingerprint density at radius 3 is 2.31 bits per heavy atom. The van der Waals surface area contributed by atoms with Gasteiger partial charge in [0.2, 0.25) is 27.8 Å². The van der Waals surface area contributed by atoms with E-state index in [4.69, 9.17) is 4.98 Å². The van der Waals surface area contributed by atoms with Crippen LogP contribution < -0.4 is 26.8 Å².